The zero-order valence-electron chi connectivity index (χ0n) is 22.4. The summed E-state index contributed by atoms with van der Waals surface area (Å²) < 4.78 is 67.1. The number of nitrogens with zero attached hydrogens (tertiary/aromatic N) is 3. The van der Waals surface area contributed by atoms with Crippen molar-refractivity contribution in [1.82, 2.24) is 9.80 Å². The third-order valence-corrected chi connectivity index (χ3v) is 5.39. The number of aliphatic hydroxyl groups excluding tert-OH is 1. The van der Waals surface area contributed by atoms with Crippen LogP contribution in [0.5, 0.6) is 0 Å². The average molecular weight is 378 g/mol. The Labute approximate surface area is 171 Å². The maximum Gasteiger partial charge on any atom is 0.0558 e. The lowest BCUT2D eigenvalue weighted by Crippen LogP contribution is -2.47. The summed E-state index contributed by atoms with van der Waals surface area (Å²) in [6.45, 7) is -12.4. The van der Waals surface area contributed by atoms with E-state index in [4.69, 9.17) is 11.0 Å². The van der Waals surface area contributed by atoms with E-state index in [0.717, 1.165) is 21.2 Å². The number of para-hydroxylation sites is 2. The van der Waals surface area contributed by atoms with E-state index in [0.29, 0.717) is 16.3 Å². The number of piperazine rings is 1. The summed E-state index contributed by atoms with van der Waals surface area (Å²) in [6, 6.07) is 15.8. The molecule has 2 aromatic rings. The smallest absolute Gasteiger partial charge is 0.0558 e. The lowest BCUT2D eigenvalue weighted by molar-refractivity contribution is 0.112. The van der Waals surface area contributed by atoms with E-state index in [2.05, 4.69) is 4.90 Å². The minimum Gasteiger partial charge on any atom is -0.395 e. The van der Waals surface area contributed by atoms with Gasteiger partial charge in [-0.1, -0.05) is 36.0 Å². The number of benzene rings is 2. The highest BCUT2D eigenvalue weighted by molar-refractivity contribution is 7.99. The summed E-state index contributed by atoms with van der Waals surface area (Å²) in [5, 5.41) is 9.29. The predicted octanol–water partition coefficient (Wildman–Crippen LogP) is 3.29. The van der Waals surface area contributed by atoms with Crippen molar-refractivity contribution < 1.29 is 16.1 Å². The number of rotatable bonds is 6. The standard InChI is InChI=1S/C21H27N3OS/c25-17-16-23-14-12-22(13-15-23)10-5-11-24-18-6-1-3-8-20(18)26-21-9-4-2-7-19(21)24/h1-4,6-9,25H,5,10-17H2/i12D2,13D2,14D2,15D2. The largest absolute Gasteiger partial charge is 0.395 e. The summed E-state index contributed by atoms with van der Waals surface area (Å²) in [5.74, 6) is 0. The third-order valence-electron chi connectivity index (χ3n) is 4.26. The highest BCUT2D eigenvalue weighted by Crippen LogP contribution is 2.47. The van der Waals surface area contributed by atoms with E-state index < -0.39 is 39.1 Å². The van der Waals surface area contributed by atoms with Crippen LogP contribution in [0.1, 0.15) is 17.4 Å². The highest BCUT2D eigenvalue weighted by Gasteiger charge is 2.23. The molecule has 0 aromatic heterocycles. The number of hydrogen-bond acceptors (Lipinski definition) is 5. The van der Waals surface area contributed by atoms with Gasteiger partial charge in [0, 0.05) is 59.8 Å². The average Bonchev–Trinajstić information content (AvgIpc) is 2.78. The molecule has 0 bridgehead atoms. The summed E-state index contributed by atoms with van der Waals surface area (Å²) in [6.07, 6.45) is 0.262. The molecule has 4 nitrogen and oxygen atoms in total. The molecule has 2 aliphatic rings. The molecular weight excluding hydrogens is 342 g/mol. The molecule has 26 heavy (non-hydrogen) atoms. The molecule has 2 aliphatic heterocycles. The van der Waals surface area contributed by atoms with Gasteiger partial charge in [-0.2, -0.15) is 0 Å². The van der Waals surface area contributed by atoms with Gasteiger partial charge in [-0.05, 0) is 37.2 Å². The van der Waals surface area contributed by atoms with Crippen LogP contribution >= 0.6 is 11.8 Å². The van der Waals surface area contributed by atoms with Gasteiger partial charge in [-0.3, -0.25) is 4.90 Å². The topological polar surface area (TPSA) is 30.0 Å². The van der Waals surface area contributed by atoms with E-state index >= 15 is 0 Å². The first-order valence-corrected chi connectivity index (χ1v) is 9.49. The number of aliphatic hydroxyl groups is 1. The summed E-state index contributed by atoms with van der Waals surface area (Å²) in [7, 11) is 0. The van der Waals surface area contributed by atoms with Gasteiger partial charge in [0.2, 0.25) is 0 Å². The molecule has 0 amide bonds. The minimum absolute atomic E-state index is 0.208. The number of hydrogen-bond donors (Lipinski definition) is 1. The molecule has 4 rings (SSSR count). The van der Waals surface area contributed by atoms with Crippen molar-refractivity contribution in [3.05, 3.63) is 48.5 Å². The molecule has 0 saturated carbocycles. The Bertz CT molecular complexity index is 981. The summed E-state index contributed by atoms with van der Waals surface area (Å²) in [5.41, 5.74) is 1.96. The monoisotopic (exact) mass is 377 g/mol. The number of β-amino-alcohol motifs (C(OH)–C–C–N with tert-alkyl or cyclic N) is 1. The SMILES string of the molecule is [2H]C1([2H])N(CCO)C([2H])([2H])C([2H])([2H])N(CCCN2c3ccccc3Sc3ccccc32)C1([2H])[2H]. The van der Waals surface area contributed by atoms with Gasteiger partial charge >= 0.3 is 0 Å². The van der Waals surface area contributed by atoms with Crippen molar-refractivity contribution in [3.63, 3.8) is 0 Å². The molecule has 1 fully saturated rings. The molecule has 0 aliphatic carbocycles. The third kappa shape index (κ3) is 3.91. The highest BCUT2D eigenvalue weighted by atomic mass is 32.2. The Hall–Kier alpha value is -1.53. The van der Waals surface area contributed by atoms with E-state index in [1.54, 1.807) is 11.8 Å². The summed E-state index contributed by atoms with van der Waals surface area (Å²) in [4.78, 5) is 5.32. The van der Waals surface area contributed by atoms with E-state index in [-0.39, 0.29) is 13.0 Å². The first-order valence-electron chi connectivity index (χ1n) is 12.7. The van der Waals surface area contributed by atoms with Crippen LogP contribution in [-0.4, -0.2) is 67.1 Å². The maximum atomic E-state index is 9.29. The second-order valence-corrected chi connectivity index (χ2v) is 7.10. The number of fused-ring (bicyclic) bond motifs is 2. The van der Waals surface area contributed by atoms with Crippen LogP contribution in [0.2, 0.25) is 0 Å². The van der Waals surface area contributed by atoms with Gasteiger partial charge in [-0.15, -0.1) is 0 Å². The Morgan fingerprint density at radius 1 is 0.808 bits per heavy atom. The van der Waals surface area contributed by atoms with Crippen LogP contribution in [0.25, 0.3) is 0 Å². The van der Waals surface area contributed by atoms with Crippen molar-refractivity contribution in [2.24, 2.45) is 0 Å². The van der Waals surface area contributed by atoms with E-state index in [1.165, 1.54) is 0 Å². The molecule has 0 radical (unpaired) electrons. The Morgan fingerprint density at radius 2 is 1.35 bits per heavy atom. The fourth-order valence-corrected chi connectivity index (χ4v) is 4.13. The second-order valence-electron chi connectivity index (χ2n) is 6.02. The molecule has 1 saturated heterocycles. The Balaban J connectivity index is 1.61. The molecule has 1 N–H and O–H groups in total. The van der Waals surface area contributed by atoms with Crippen LogP contribution in [0, 0.1) is 0 Å². The van der Waals surface area contributed by atoms with Gasteiger partial charge in [0.25, 0.3) is 0 Å². The molecule has 0 spiro atoms. The van der Waals surface area contributed by atoms with Crippen LogP contribution in [-0.2, 0) is 0 Å². The van der Waals surface area contributed by atoms with Crippen molar-refractivity contribution in [2.45, 2.75) is 16.2 Å². The van der Waals surface area contributed by atoms with Crippen molar-refractivity contribution in [2.75, 3.05) is 57.1 Å². The molecule has 0 unspecified atom stereocenters. The van der Waals surface area contributed by atoms with Gasteiger partial charge in [-0.25, -0.2) is 0 Å². The van der Waals surface area contributed by atoms with Crippen LogP contribution in [0.15, 0.2) is 58.3 Å². The normalized spacial score (nSPS) is 30.1. The van der Waals surface area contributed by atoms with Crippen molar-refractivity contribution >= 4 is 23.1 Å². The first-order chi connectivity index (χ1) is 15.9. The van der Waals surface area contributed by atoms with Crippen molar-refractivity contribution in [1.29, 1.82) is 0 Å². The zero-order chi connectivity index (χ0) is 24.9. The fraction of sp³-hybridized carbons (Fsp3) is 0.429. The lowest BCUT2D eigenvalue weighted by Gasteiger charge is -2.36. The molecular formula is C21H27N3OS. The van der Waals surface area contributed by atoms with Gasteiger partial charge < -0.3 is 14.9 Å². The molecule has 5 heteroatoms. The van der Waals surface area contributed by atoms with E-state index in [9.17, 15) is 5.11 Å². The second kappa shape index (κ2) is 8.44. The van der Waals surface area contributed by atoms with Crippen LogP contribution in [0.4, 0.5) is 11.4 Å². The number of anilines is 2. The summed E-state index contributed by atoms with van der Waals surface area (Å²) >= 11 is 1.65. The van der Waals surface area contributed by atoms with E-state index in [1.807, 2.05) is 48.5 Å². The predicted molar refractivity (Wildman–Crippen MR) is 109 cm³/mol. The van der Waals surface area contributed by atoms with Gasteiger partial charge in [0.05, 0.1) is 18.0 Å². The molecule has 0 atom stereocenters. The minimum atomic E-state index is -2.87. The van der Waals surface area contributed by atoms with Crippen LogP contribution < -0.4 is 4.90 Å². The maximum absolute atomic E-state index is 9.29. The fourth-order valence-electron chi connectivity index (χ4n) is 3.03. The molecule has 2 heterocycles. The van der Waals surface area contributed by atoms with Gasteiger partial charge in [0.15, 0.2) is 0 Å². The Kier molecular flexibility index (Phi) is 3.48. The first kappa shape index (κ1) is 10.7. The lowest BCUT2D eigenvalue weighted by atomic mass is 10.2. The zero-order valence-corrected chi connectivity index (χ0v) is 15.2. The van der Waals surface area contributed by atoms with Crippen molar-refractivity contribution in [3.8, 4) is 0 Å². The van der Waals surface area contributed by atoms with Crippen LogP contribution in [0.3, 0.4) is 0 Å². The molecule has 138 valence electrons. The van der Waals surface area contributed by atoms with Gasteiger partial charge in [0.1, 0.15) is 0 Å². The molecule has 2 aromatic carbocycles. The Morgan fingerprint density at radius 3 is 1.92 bits per heavy atom. The quantitative estimate of drug-likeness (QED) is 0.835.